The van der Waals surface area contributed by atoms with Crippen LogP contribution in [0.25, 0.3) is 0 Å². The van der Waals surface area contributed by atoms with Crippen LogP contribution in [-0.4, -0.2) is 44.2 Å². The van der Waals surface area contributed by atoms with Crippen LogP contribution in [0.2, 0.25) is 0 Å². The van der Waals surface area contributed by atoms with Crippen LogP contribution in [0, 0.1) is 23.2 Å². The first-order chi connectivity index (χ1) is 10.2. The van der Waals surface area contributed by atoms with Gasteiger partial charge in [0.05, 0.1) is 25.6 Å². The van der Waals surface area contributed by atoms with Gasteiger partial charge in [-0.15, -0.1) is 0 Å². The van der Waals surface area contributed by atoms with Gasteiger partial charge in [0.1, 0.15) is 0 Å². The molecule has 0 aliphatic heterocycles. The minimum absolute atomic E-state index is 0.111. The van der Waals surface area contributed by atoms with Crippen LogP contribution >= 0.6 is 0 Å². The molecule has 1 rings (SSSR count). The number of rotatable bonds is 6. The number of amides is 1. The summed E-state index contributed by atoms with van der Waals surface area (Å²) in [6.45, 7) is 1.61. The van der Waals surface area contributed by atoms with Crippen LogP contribution in [0.1, 0.15) is 22.3 Å². The number of nitriles is 1. The predicted molar refractivity (Wildman–Crippen MR) is 80.4 cm³/mol. The van der Waals surface area contributed by atoms with Gasteiger partial charge < -0.3 is 15.4 Å². The fourth-order valence-corrected chi connectivity index (χ4v) is 1.73. The largest absolute Gasteiger partial charge is 0.383 e. The number of nitrogens with two attached hydrogens (primary N) is 1. The fourth-order valence-electron chi connectivity index (χ4n) is 1.73. The summed E-state index contributed by atoms with van der Waals surface area (Å²) in [6, 6.07) is 9.08. The predicted octanol–water partition coefficient (Wildman–Crippen LogP) is 0.999. The van der Waals surface area contributed by atoms with Crippen LogP contribution in [-0.2, 0) is 4.74 Å². The zero-order chi connectivity index (χ0) is 15.5. The molecule has 0 radical (unpaired) electrons. The van der Waals surface area contributed by atoms with Crippen molar-refractivity contribution in [3.05, 3.63) is 35.4 Å². The third-order valence-electron chi connectivity index (χ3n) is 2.81. The summed E-state index contributed by atoms with van der Waals surface area (Å²) >= 11 is 0. The van der Waals surface area contributed by atoms with E-state index in [1.54, 1.807) is 36.3 Å². The maximum absolute atomic E-state index is 12.4. The van der Waals surface area contributed by atoms with Crippen molar-refractivity contribution in [2.24, 2.45) is 5.73 Å². The minimum Gasteiger partial charge on any atom is -0.383 e. The summed E-state index contributed by atoms with van der Waals surface area (Å²) in [4.78, 5) is 14.0. The molecule has 0 bridgehead atoms. The van der Waals surface area contributed by atoms with Crippen molar-refractivity contribution >= 4 is 5.91 Å². The molecule has 0 aliphatic rings. The van der Waals surface area contributed by atoms with Crippen LogP contribution in [0.4, 0.5) is 0 Å². The molecule has 0 aliphatic carbocycles. The highest BCUT2D eigenvalue weighted by molar-refractivity contribution is 5.94. The van der Waals surface area contributed by atoms with E-state index in [2.05, 4.69) is 11.8 Å². The fraction of sp³-hybridized carbons (Fsp3) is 0.375. The summed E-state index contributed by atoms with van der Waals surface area (Å²) in [6.07, 6.45) is 0.301. The summed E-state index contributed by atoms with van der Waals surface area (Å²) in [7, 11) is 1.58. The van der Waals surface area contributed by atoms with E-state index in [1.807, 2.05) is 6.07 Å². The van der Waals surface area contributed by atoms with Gasteiger partial charge >= 0.3 is 0 Å². The minimum atomic E-state index is -0.111. The van der Waals surface area contributed by atoms with E-state index in [1.165, 1.54) is 0 Å². The van der Waals surface area contributed by atoms with E-state index < -0.39 is 0 Å². The Hall–Kier alpha value is -2.34. The molecule has 0 spiro atoms. The van der Waals surface area contributed by atoms with Crippen LogP contribution in [0.3, 0.4) is 0 Å². The zero-order valence-corrected chi connectivity index (χ0v) is 12.1. The average Bonchev–Trinajstić information content (AvgIpc) is 2.53. The van der Waals surface area contributed by atoms with E-state index >= 15 is 0 Å². The first kappa shape index (κ1) is 16.7. The van der Waals surface area contributed by atoms with E-state index in [0.29, 0.717) is 38.2 Å². The molecular weight excluding hydrogens is 266 g/mol. The Morgan fingerprint density at radius 3 is 2.62 bits per heavy atom. The Bertz CT molecular complexity index is 550. The van der Waals surface area contributed by atoms with Crippen LogP contribution in [0.5, 0.6) is 0 Å². The summed E-state index contributed by atoms with van der Waals surface area (Å²) in [5.74, 6) is 5.56. The van der Waals surface area contributed by atoms with Crippen molar-refractivity contribution in [2.45, 2.75) is 6.42 Å². The highest BCUT2D eigenvalue weighted by Crippen LogP contribution is 2.08. The Kier molecular flexibility index (Phi) is 7.60. The number of methoxy groups -OCH3 is 1. The van der Waals surface area contributed by atoms with E-state index in [-0.39, 0.29) is 5.91 Å². The van der Waals surface area contributed by atoms with Crippen LogP contribution < -0.4 is 5.73 Å². The van der Waals surface area contributed by atoms with Gasteiger partial charge in [0.2, 0.25) is 0 Å². The van der Waals surface area contributed by atoms with Crippen molar-refractivity contribution in [3.8, 4) is 17.9 Å². The molecule has 21 heavy (non-hydrogen) atoms. The molecule has 0 heterocycles. The van der Waals surface area contributed by atoms with Crippen molar-refractivity contribution in [1.82, 2.24) is 4.90 Å². The molecule has 2 N–H and O–H groups in total. The SMILES string of the molecule is COCCN(CCC#N)C(=O)c1ccc(C#CCN)cc1. The second-order valence-corrected chi connectivity index (χ2v) is 4.28. The molecule has 5 nitrogen and oxygen atoms in total. The van der Waals surface area contributed by atoms with Crippen molar-refractivity contribution in [3.63, 3.8) is 0 Å². The summed E-state index contributed by atoms with van der Waals surface area (Å²) in [5, 5.41) is 8.67. The first-order valence-corrected chi connectivity index (χ1v) is 6.67. The molecule has 0 saturated carbocycles. The Morgan fingerprint density at radius 1 is 1.33 bits per heavy atom. The summed E-state index contributed by atoms with van der Waals surface area (Å²) in [5.41, 5.74) is 6.70. The molecule has 110 valence electrons. The quantitative estimate of drug-likeness (QED) is 0.791. The topological polar surface area (TPSA) is 79.3 Å². The van der Waals surface area contributed by atoms with Gasteiger partial charge in [-0.2, -0.15) is 5.26 Å². The van der Waals surface area contributed by atoms with E-state index in [9.17, 15) is 4.79 Å². The molecule has 1 aromatic rings. The number of hydrogen-bond donors (Lipinski definition) is 1. The van der Waals surface area contributed by atoms with Gasteiger partial charge in [0.15, 0.2) is 0 Å². The van der Waals surface area contributed by atoms with Gasteiger partial charge in [-0.1, -0.05) is 11.8 Å². The summed E-state index contributed by atoms with van der Waals surface area (Å²) < 4.78 is 4.99. The van der Waals surface area contributed by atoms with E-state index in [0.717, 1.165) is 5.56 Å². The van der Waals surface area contributed by atoms with Gasteiger partial charge in [0, 0.05) is 31.3 Å². The molecule has 1 aromatic carbocycles. The molecule has 0 aromatic heterocycles. The Morgan fingerprint density at radius 2 is 2.05 bits per heavy atom. The maximum Gasteiger partial charge on any atom is 0.253 e. The highest BCUT2D eigenvalue weighted by atomic mass is 16.5. The lowest BCUT2D eigenvalue weighted by atomic mass is 10.1. The molecule has 0 unspecified atom stereocenters. The smallest absolute Gasteiger partial charge is 0.253 e. The Labute approximate surface area is 125 Å². The first-order valence-electron chi connectivity index (χ1n) is 6.67. The molecule has 0 fully saturated rings. The molecule has 0 atom stereocenters. The number of carbonyl (C=O) groups is 1. The average molecular weight is 285 g/mol. The van der Waals surface area contributed by atoms with Gasteiger partial charge in [0.25, 0.3) is 5.91 Å². The van der Waals surface area contributed by atoms with E-state index in [4.69, 9.17) is 15.7 Å². The lowest BCUT2D eigenvalue weighted by molar-refractivity contribution is 0.0700. The second-order valence-electron chi connectivity index (χ2n) is 4.28. The number of ether oxygens (including phenoxy) is 1. The maximum atomic E-state index is 12.4. The monoisotopic (exact) mass is 285 g/mol. The third kappa shape index (κ3) is 5.66. The van der Waals surface area contributed by atoms with Crippen molar-refractivity contribution < 1.29 is 9.53 Å². The van der Waals surface area contributed by atoms with Crippen molar-refractivity contribution in [2.75, 3.05) is 33.4 Å². The van der Waals surface area contributed by atoms with Gasteiger partial charge in [-0.25, -0.2) is 0 Å². The second kappa shape index (κ2) is 9.55. The molecule has 1 amide bonds. The third-order valence-corrected chi connectivity index (χ3v) is 2.81. The number of nitrogens with zero attached hydrogens (tertiary/aromatic N) is 2. The molecule has 5 heteroatoms. The molecular formula is C16H19N3O2. The number of hydrogen-bond acceptors (Lipinski definition) is 4. The molecule has 0 saturated heterocycles. The Balaban J connectivity index is 2.79. The number of carbonyl (C=O) groups excluding carboxylic acids is 1. The lowest BCUT2D eigenvalue weighted by Crippen LogP contribution is -2.34. The van der Waals surface area contributed by atoms with Gasteiger partial charge in [-0.05, 0) is 24.3 Å². The number of benzene rings is 1. The van der Waals surface area contributed by atoms with Crippen LogP contribution in [0.15, 0.2) is 24.3 Å². The van der Waals surface area contributed by atoms with Crippen molar-refractivity contribution in [1.29, 1.82) is 5.26 Å². The highest BCUT2D eigenvalue weighted by Gasteiger charge is 2.14. The zero-order valence-electron chi connectivity index (χ0n) is 12.1. The normalized spacial score (nSPS) is 9.38. The van der Waals surface area contributed by atoms with Gasteiger partial charge in [-0.3, -0.25) is 4.79 Å². The standard InChI is InChI=1S/C16H19N3O2/c1-21-13-12-19(11-3-10-18)16(20)15-7-5-14(6-8-15)4-2-9-17/h5-8H,3,9,11-13,17H2,1H3. The lowest BCUT2D eigenvalue weighted by Gasteiger charge is -2.21.